The van der Waals surface area contributed by atoms with Crippen LogP contribution in [-0.4, -0.2) is 165 Å². The van der Waals surface area contributed by atoms with E-state index in [1.54, 1.807) is 0 Å². The molecular weight excluding hydrogens is 871 g/mol. The molecule has 376 valence electrons. The van der Waals surface area contributed by atoms with E-state index in [4.69, 9.17) is 18.9 Å². The minimum Gasteiger partial charge on any atom is -0.493 e. The Hall–Kier alpha value is -2.07. The maximum atomic E-state index is 11.6. The van der Waals surface area contributed by atoms with Crippen LogP contribution >= 0.6 is 0 Å². The average molecular weight is 967 g/mol. The molecule has 2 aromatic rings. The molecule has 0 aromatic heterocycles. The Morgan fingerprint density at radius 1 is 0.631 bits per heavy atom. The SMILES string of the molecule is C[SiH2]CCCNCC(O)CN(CCC(O)OC(CNCCC[SiH2]C)CN(CCOCC(C)(C)C)c1ccc(OCC(O)NCCC[SiH2]C)cc1)c1ccc(OCCC(O)C(C)(C)C)cc1. The minimum atomic E-state index is -1.04. The molecule has 16 heteroatoms. The second kappa shape index (κ2) is 34.3. The molecule has 0 saturated heterocycles. The van der Waals surface area contributed by atoms with Crippen molar-refractivity contribution in [3.05, 3.63) is 48.5 Å². The molecule has 0 aliphatic carbocycles. The van der Waals surface area contributed by atoms with E-state index in [1.165, 1.54) is 18.1 Å². The fourth-order valence-electron chi connectivity index (χ4n) is 7.12. The van der Waals surface area contributed by atoms with Crippen molar-refractivity contribution in [2.75, 3.05) is 95.1 Å². The Kier molecular flexibility index (Phi) is 31.1. The van der Waals surface area contributed by atoms with Crippen LogP contribution in [0.1, 0.15) is 73.6 Å². The summed E-state index contributed by atoms with van der Waals surface area (Å²) < 4.78 is 24.6. The summed E-state index contributed by atoms with van der Waals surface area (Å²) in [5.41, 5.74) is 1.75. The highest BCUT2D eigenvalue weighted by atomic mass is 28.2. The minimum absolute atomic E-state index is 0.0149. The van der Waals surface area contributed by atoms with Crippen molar-refractivity contribution >= 4 is 39.9 Å². The van der Waals surface area contributed by atoms with Gasteiger partial charge >= 0.3 is 0 Å². The first-order chi connectivity index (χ1) is 31.0. The Morgan fingerprint density at radius 2 is 1.17 bits per heavy atom. The van der Waals surface area contributed by atoms with Crippen molar-refractivity contribution in [1.29, 1.82) is 0 Å². The molecule has 0 radical (unpaired) electrons. The van der Waals surface area contributed by atoms with Gasteiger partial charge in [0, 0.05) is 92.0 Å². The number of nitrogens with one attached hydrogen (secondary N) is 3. The molecule has 0 saturated carbocycles. The third-order valence-corrected chi connectivity index (χ3v) is 14.8. The van der Waals surface area contributed by atoms with Crippen LogP contribution in [0.15, 0.2) is 48.5 Å². The van der Waals surface area contributed by atoms with Gasteiger partial charge in [-0.3, -0.25) is 5.32 Å². The lowest BCUT2D eigenvalue weighted by molar-refractivity contribution is -0.134. The molecule has 2 aromatic carbocycles. The summed E-state index contributed by atoms with van der Waals surface area (Å²) in [4.78, 5) is 4.36. The van der Waals surface area contributed by atoms with Gasteiger partial charge in [-0.1, -0.05) is 79.3 Å². The Bertz CT molecular complexity index is 1440. The standard InChI is InChI=1S/C49H95N5O8Si3/c1-48(2,3)38-59-29-27-54(40-15-19-43(20-16-40)61-37-46(57)52-25-12-32-65-9)36-44(34-51-24-11-31-64-8)62-47(58)21-26-53(35-41(55)33-50-23-10-30-63-7)39-13-17-42(18-14-39)60-28-22-45(56)49(4,5)6/h13-20,41,44-47,50-52,55-58H,10-12,21-38,63-65H2,1-9H3. The molecule has 0 bridgehead atoms. The van der Waals surface area contributed by atoms with Crippen molar-refractivity contribution < 1.29 is 39.4 Å². The quantitative estimate of drug-likeness (QED) is 0.0290. The van der Waals surface area contributed by atoms with Gasteiger partial charge in [-0.25, -0.2) is 0 Å². The maximum absolute atomic E-state index is 11.6. The third-order valence-electron chi connectivity index (χ3n) is 11.2. The summed E-state index contributed by atoms with van der Waals surface area (Å²) in [5, 5.41) is 53.8. The second-order valence-corrected chi connectivity index (χ2v) is 25.1. The average Bonchev–Trinajstić information content (AvgIpc) is 3.26. The van der Waals surface area contributed by atoms with Gasteiger partial charge < -0.3 is 59.8 Å². The molecule has 0 fully saturated rings. The van der Waals surface area contributed by atoms with Crippen LogP contribution in [0.4, 0.5) is 11.4 Å². The normalized spacial score (nSPS) is 15.0. The fraction of sp³-hybridized carbons (Fsp3) is 0.755. The Labute approximate surface area is 402 Å². The van der Waals surface area contributed by atoms with Crippen LogP contribution < -0.4 is 35.2 Å². The van der Waals surface area contributed by atoms with E-state index < -0.39 is 24.7 Å². The lowest BCUT2D eigenvalue weighted by atomic mass is 9.87. The van der Waals surface area contributed by atoms with Gasteiger partial charge in [-0.05, 0) is 98.3 Å². The summed E-state index contributed by atoms with van der Waals surface area (Å²) in [7, 11) is 0.0486. The molecule has 0 spiro atoms. The molecule has 13 nitrogen and oxygen atoms in total. The van der Waals surface area contributed by atoms with E-state index in [0.29, 0.717) is 77.7 Å². The molecule has 5 atom stereocenters. The van der Waals surface area contributed by atoms with Crippen LogP contribution in [0.5, 0.6) is 11.5 Å². The summed E-state index contributed by atoms with van der Waals surface area (Å²) >= 11 is 0. The fourth-order valence-corrected chi connectivity index (χ4v) is 9.37. The molecule has 2 rings (SSSR count). The van der Waals surface area contributed by atoms with Crippen LogP contribution in [0.2, 0.25) is 37.8 Å². The smallest absolute Gasteiger partial charge is 0.156 e. The molecule has 0 amide bonds. The lowest BCUT2D eigenvalue weighted by Crippen LogP contribution is -2.44. The van der Waals surface area contributed by atoms with Gasteiger partial charge in [-0.2, -0.15) is 0 Å². The van der Waals surface area contributed by atoms with Crippen molar-refractivity contribution in [3.63, 3.8) is 0 Å². The van der Waals surface area contributed by atoms with E-state index in [0.717, 1.165) is 56.0 Å². The highest BCUT2D eigenvalue weighted by Gasteiger charge is 2.23. The van der Waals surface area contributed by atoms with E-state index in [-0.39, 0.29) is 52.1 Å². The first-order valence-corrected chi connectivity index (χ1v) is 32.3. The number of anilines is 2. The largest absolute Gasteiger partial charge is 0.493 e. The first-order valence-electron chi connectivity index (χ1n) is 25.1. The summed E-state index contributed by atoms with van der Waals surface area (Å²) in [5.74, 6) is 1.41. The van der Waals surface area contributed by atoms with Gasteiger partial charge in [0.05, 0.1) is 38.1 Å². The molecule has 0 heterocycles. The van der Waals surface area contributed by atoms with E-state index in [1.807, 2.05) is 69.3 Å². The lowest BCUT2D eigenvalue weighted by Gasteiger charge is -2.32. The monoisotopic (exact) mass is 966 g/mol. The summed E-state index contributed by atoms with van der Waals surface area (Å²) in [6, 6.07) is 19.6. The maximum Gasteiger partial charge on any atom is 0.156 e. The highest BCUT2D eigenvalue weighted by Crippen LogP contribution is 2.25. The second-order valence-electron chi connectivity index (χ2n) is 20.0. The number of nitrogens with zero attached hydrogens (tertiary/aromatic N) is 2. The summed E-state index contributed by atoms with van der Waals surface area (Å²) in [6.07, 6.45) is 1.07. The zero-order valence-electron chi connectivity index (χ0n) is 42.3. The van der Waals surface area contributed by atoms with Gasteiger partial charge in [0.25, 0.3) is 0 Å². The van der Waals surface area contributed by atoms with Crippen LogP contribution in [0.3, 0.4) is 0 Å². The zero-order valence-corrected chi connectivity index (χ0v) is 46.5. The number of aliphatic hydroxyl groups is 4. The van der Waals surface area contributed by atoms with E-state index in [2.05, 4.69) is 66.2 Å². The van der Waals surface area contributed by atoms with Gasteiger partial charge in [0.2, 0.25) is 0 Å². The predicted molar refractivity (Wildman–Crippen MR) is 281 cm³/mol. The third kappa shape index (κ3) is 28.8. The highest BCUT2D eigenvalue weighted by molar-refractivity contribution is 6.33. The van der Waals surface area contributed by atoms with Crippen molar-refractivity contribution in [1.82, 2.24) is 16.0 Å². The molecule has 5 unspecified atom stereocenters. The van der Waals surface area contributed by atoms with E-state index >= 15 is 0 Å². The van der Waals surface area contributed by atoms with Gasteiger partial charge in [-0.15, -0.1) is 0 Å². The molecule has 7 N–H and O–H groups in total. The summed E-state index contributed by atoms with van der Waals surface area (Å²) in [6.45, 7) is 27.0. The van der Waals surface area contributed by atoms with Crippen LogP contribution in [-0.2, 0) is 9.47 Å². The Balaban J connectivity index is 2.23. The van der Waals surface area contributed by atoms with Crippen molar-refractivity contribution in [2.45, 2.75) is 142 Å². The molecular formula is C49H95N5O8Si3. The zero-order chi connectivity index (χ0) is 47.9. The first kappa shape index (κ1) is 59.1. The predicted octanol–water partition coefficient (Wildman–Crippen LogP) is 4.23. The molecule has 0 aliphatic heterocycles. The number of hydrogen-bond acceptors (Lipinski definition) is 13. The number of benzene rings is 2. The van der Waals surface area contributed by atoms with Crippen LogP contribution in [0, 0.1) is 10.8 Å². The molecule has 65 heavy (non-hydrogen) atoms. The van der Waals surface area contributed by atoms with E-state index in [9.17, 15) is 20.4 Å². The number of aliphatic hydroxyl groups excluding tert-OH is 4. The van der Waals surface area contributed by atoms with Gasteiger partial charge in [0.1, 0.15) is 24.3 Å². The molecule has 0 aliphatic rings. The number of hydrogen-bond donors (Lipinski definition) is 7. The van der Waals surface area contributed by atoms with Crippen molar-refractivity contribution in [2.24, 2.45) is 10.8 Å². The number of rotatable bonds is 39. The Morgan fingerprint density at radius 3 is 1.72 bits per heavy atom. The van der Waals surface area contributed by atoms with Crippen LogP contribution in [0.25, 0.3) is 0 Å². The van der Waals surface area contributed by atoms with Crippen molar-refractivity contribution in [3.8, 4) is 11.5 Å². The van der Waals surface area contributed by atoms with Gasteiger partial charge in [0.15, 0.2) is 6.29 Å². The topological polar surface area (TPSA) is 160 Å². The number of ether oxygens (including phenoxy) is 4.